The van der Waals surface area contributed by atoms with Gasteiger partial charge < -0.3 is 15.4 Å². The molecule has 0 saturated heterocycles. The second-order valence-corrected chi connectivity index (χ2v) is 6.62. The van der Waals surface area contributed by atoms with Crippen LogP contribution >= 0.6 is 15.9 Å². The first-order valence-corrected chi connectivity index (χ1v) is 9.12. The average molecular weight is 430 g/mol. The van der Waals surface area contributed by atoms with Gasteiger partial charge in [0.1, 0.15) is 17.4 Å². The molecule has 1 heterocycles. The van der Waals surface area contributed by atoms with Gasteiger partial charge in [0, 0.05) is 24.2 Å². The molecular weight excluding hydrogens is 410 g/mol. The highest BCUT2D eigenvalue weighted by Gasteiger charge is 2.17. The molecule has 140 valence electrons. The van der Waals surface area contributed by atoms with Crippen molar-refractivity contribution in [2.24, 2.45) is 0 Å². The predicted molar refractivity (Wildman–Crippen MR) is 106 cm³/mol. The number of rotatable bonds is 7. The largest absolute Gasteiger partial charge is 0.494 e. The zero-order valence-corrected chi connectivity index (χ0v) is 16.9. The van der Waals surface area contributed by atoms with E-state index < -0.39 is 5.91 Å². The van der Waals surface area contributed by atoms with Crippen molar-refractivity contribution in [2.45, 2.75) is 26.8 Å². The SMILES string of the molecule is CCOc1ccc(C)cc1C(C)NC(=O)/C(C#N)=C\Nc1ncc(Br)cn1. The summed E-state index contributed by atoms with van der Waals surface area (Å²) in [6.07, 6.45) is 4.40. The van der Waals surface area contributed by atoms with E-state index >= 15 is 0 Å². The summed E-state index contributed by atoms with van der Waals surface area (Å²) in [6, 6.07) is 7.34. The molecule has 0 radical (unpaired) electrons. The summed E-state index contributed by atoms with van der Waals surface area (Å²) in [6.45, 7) is 6.24. The molecule has 0 saturated carbocycles. The van der Waals surface area contributed by atoms with Gasteiger partial charge in [0.15, 0.2) is 0 Å². The maximum Gasteiger partial charge on any atom is 0.263 e. The molecule has 27 heavy (non-hydrogen) atoms. The lowest BCUT2D eigenvalue weighted by molar-refractivity contribution is -0.117. The molecule has 8 heteroatoms. The molecule has 0 aliphatic heterocycles. The van der Waals surface area contributed by atoms with Crippen LogP contribution in [0.2, 0.25) is 0 Å². The minimum atomic E-state index is -0.501. The normalized spacial score (nSPS) is 12.0. The zero-order valence-electron chi connectivity index (χ0n) is 15.3. The van der Waals surface area contributed by atoms with E-state index in [0.29, 0.717) is 12.4 Å². The first-order chi connectivity index (χ1) is 12.9. The summed E-state index contributed by atoms with van der Waals surface area (Å²) in [4.78, 5) is 20.5. The van der Waals surface area contributed by atoms with E-state index in [4.69, 9.17) is 4.74 Å². The molecule has 2 rings (SSSR count). The Kier molecular flexibility index (Phi) is 7.32. The number of carbonyl (C=O) groups excluding carboxylic acids is 1. The van der Waals surface area contributed by atoms with E-state index in [9.17, 15) is 10.1 Å². The lowest BCUT2D eigenvalue weighted by Gasteiger charge is -2.18. The third-order valence-electron chi connectivity index (χ3n) is 3.61. The molecular formula is C19H20BrN5O2. The van der Waals surface area contributed by atoms with Gasteiger partial charge in [0.2, 0.25) is 5.95 Å². The highest BCUT2D eigenvalue weighted by Crippen LogP contribution is 2.26. The van der Waals surface area contributed by atoms with Crippen molar-refractivity contribution in [3.05, 3.63) is 58.0 Å². The lowest BCUT2D eigenvalue weighted by Crippen LogP contribution is -2.28. The number of nitriles is 1. The second kappa shape index (κ2) is 9.69. The number of aryl methyl sites for hydroxylation is 1. The Hall–Kier alpha value is -2.92. The number of halogens is 1. The van der Waals surface area contributed by atoms with E-state index in [2.05, 4.69) is 36.5 Å². The van der Waals surface area contributed by atoms with Gasteiger partial charge in [-0.05, 0) is 42.8 Å². The van der Waals surface area contributed by atoms with Crippen molar-refractivity contribution in [2.75, 3.05) is 11.9 Å². The van der Waals surface area contributed by atoms with Crippen LogP contribution in [0.15, 0.2) is 46.8 Å². The Balaban J connectivity index is 2.12. The number of hydrogen-bond acceptors (Lipinski definition) is 6. The highest BCUT2D eigenvalue weighted by molar-refractivity contribution is 9.10. The third-order valence-corrected chi connectivity index (χ3v) is 4.02. The van der Waals surface area contributed by atoms with Gasteiger partial charge in [-0.25, -0.2) is 9.97 Å². The number of hydrogen-bond donors (Lipinski definition) is 2. The fourth-order valence-corrected chi connectivity index (χ4v) is 2.52. The van der Waals surface area contributed by atoms with Crippen LogP contribution in [-0.2, 0) is 4.79 Å². The molecule has 1 aromatic carbocycles. The average Bonchev–Trinajstić information content (AvgIpc) is 2.65. The number of nitrogens with zero attached hydrogens (tertiary/aromatic N) is 3. The number of aromatic nitrogens is 2. The molecule has 1 unspecified atom stereocenters. The summed E-state index contributed by atoms with van der Waals surface area (Å²) < 4.78 is 6.36. The van der Waals surface area contributed by atoms with Gasteiger partial charge in [-0.3, -0.25) is 4.79 Å². The van der Waals surface area contributed by atoms with Crippen molar-refractivity contribution < 1.29 is 9.53 Å². The summed E-state index contributed by atoms with van der Waals surface area (Å²) >= 11 is 3.24. The minimum Gasteiger partial charge on any atom is -0.494 e. The van der Waals surface area contributed by atoms with Gasteiger partial charge in [0.25, 0.3) is 5.91 Å². The van der Waals surface area contributed by atoms with Crippen LogP contribution in [0, 0.1) is 18.3 Å². The number of amides is 1. The highest BCUT2D eigenvalue weighted by atomic mass is 79.9. The Morgan fingerprint density at radius 3 is 2.74 bits per heavy atom. The maximum absolute atomic E-state index is 12.5. The fourth-order valence-electron chi connectivity index (χ4n) is 2.32. The van der Waals surface area contributed by atoms with E-state index in [1.165, 1.54) is 6.20 Å². The van der Waals surface area contributed by atoms with Crippen LogP contribution in [0.3, 0.4) is 0 Å². The molecule has 1 amide bonds. The maximum atomic E-state index is 12.5. The summed E-state index contributed by atoms with van der Waals surface area (Å²) in [5, 5.41) is 14.9. The minimum absolute atomic E-state index is 0.0843. The number of nitrogens with one attached hydrogen (secondary N) is 2. The third kappa shape index (κ3) is 5.79. The Labute approximate surface area is 166 Å². The van der Waals surface area contributed by atoms with Crippen molar-refractivity contribution in [3.8, 4) is 11.8 Å². The predicted octanol–water partition coefficient (Wildman–Crippen LogP) is 3.64. The fraction of sp³-hybridized carbons (Fsp3) is 0.263. The Morgan fingerprint density at radius 2 is 2.11 bits per heavy atom. The first-order valence-electron chi connectivity index (χ1n) is 8.33. The van der Waals surface area contributed by atoms with Crippen LogP contribution in [-0.4, -0.2) is 22.5 Å². The molecule has 0 aliphatic carbocycles. The van der Waals surface area contributed by atoms with Gasteiger partial charge in [-0.15, -0.1) is 0 Å². The molecule has 1 aromatic heterocycles. The van der Waals surface area contributed by atoms with Crippen LogP contribution in [0.4, 0.5) is 5.95 Å². The van der Waals surface area contributed by atoms with Crippen molar-refractivity contribution in [1.82, 2.24) is 15.3 Å². The zero-order chi connectivity index (χ0) is 19.8. The molecule has 0 bridgehead atoms. The lowest BCUT2D eigenvalue weighted by atomic mass is 10.0. The number of ether oxygens (including phenoxy) is 1. The molecule has 1 atom stereocenters. The van der Waals surface area contributed by atoms with Crippen LogP contribution in [0.25, 0.3) is 0 Å². The Bertz CT molecular complexity index is 875. The van der Waals surface area contributed by atoms with E-state index in [-0.39, 0.29) is 17.6 Å². The smallest absolute Gasteiger partial charge is 0.263 e. The van der Waals surface area contributed by atoms with Crippen molar-refractivity contribution in [1.29, 1.82) is 5.26 Å². The van der Waals surface area contributed by atoms with E-state index in [1.807, 2.05) is 45.0 Å². The first kappa shape index (κ1) is 20.4. The van der Waals surface area contributed by atoms with Crippen LogP contribution in [0.1, 0.15) is 31.0 Å². The number of carbonyl (C=O) groups is 1. The van der Waals surface area contributed by atoms with Gasteiger partial charge in [0.05, 0.1) is 17.1 Å². The van der Waals surface area contributed by atoms with Gasteiger partial charge >= 0.3 is 0 Å². The van der Waals surface area contributed by atoms with Crippen molar-refractivity contribution in [3.63, 3.8) is 0 Å². The summed E-state index contributed by atoms with van der Waals surface area (Å²) in [5.41, 5.74) is 1.82. The summed E-state index contributed by atoms with van der Waals surface area (Å²) in [5.74, 6) is 0.488. The second-order valence-electron chi connectivity index (χ2n) is 5.71. The van der Waals surface area contributed by atoms with E-state index in [0.717, 1.165) is 15.6 Å². The van der Waals surface area contributed by atoms with Crippen molar-refractivity contribution >= 4 is 27.8 Å². The van der Waals surface area contributed by atoms with Crippen LogP contribution in [0.5, 0.6) is 5.75 Å². The monoisotopic (exact) mass is 429 g/mol. The van der Waals surface area contributed by atoms with Gasteiger partial charge in [-0.1, -0.05) is 17.7 Å². The molecule has 7 nitrogen and oxygen atoms in total. The number of benzene rings is 1. The topological polar surface area (TPSA) is 99.9 Å². The molecule has 0 fully saturated rings. The molecule has 2 aromatic rings. The van der Waals surface area contributed by atoms with Crippen LogP contribution < -0.4 is 15.4 Å². The molecule has 0 aliphatic rings. The molecule has 2 N–H and O–H groups in total. The van der Waals surface area contributed by atoms with E-state index in [1.54, 1.807) is 12.4 Å². The van der Waals surface area contributed by atoms with Gasteiger partial charge in [-0.2, -0.15) is 5.26 Å². The number of anilines is 1. The summed E-state index contributed by atoms with van der Waals surface area (Å²) in [7, 11) is 0. The Morgan fingerprint density at radius 1 is 1.41 bits per heavy atom. The molecule has 0 spiro atoms. The quantitative estimate of drug-likeness (QED) is 0.514. The standard InChI is InChI=1S/C19H20BrN5O2/c1-4-27-17-6-5-12(2)7-16(17)13(3)25-18(26)14(8-21)9-22-19-23-10-15(20)11-24-19/h5-7,9-11,13H,4H2,1-3H3,(H,25,26)(H,22,23,24)/b14-9-.